The van der Waals surface area contributed by atoms with Gasteiger partial charge in [-0.25, -0.2) is 0 Å². The van der Waals surface area contributed by atoms with Crippen LogP contribution in [-0.2, 0) is 23.8 Å². The lowest BCUT2D eigenvalue weighted by molar-refractivity contribution is -0.302. The number of carbonyl (C=O) groups excluding carboxylic acids is 2. The van der Waals surface area contributed by atoms with Crippen molar-refractivity contribution in [3.05, 3.63) is 12.2 Å². The highest BCUT2D eigenvalue weighted by molar-refractivity contribution is 5.76. The first-order valence-electron chi connectivity index (χ1n) is 39.0. The molecule has 1 rings (SSSR count). The highest BCUT2D eigenvalue weighted by Crippen LogP contribution is 2.24. The number of unbranched alkanes of at least 4 members (excludes halogenated alkanes) is 56. The molecule has 7 atom stereocenters. The van der Waals surface area contributed by atoms with Gasteiger partial charge < -0.3 is 45.1 Å². The van der Waals surface area contributed by atoms with Crippen LogP contribution in [0, 0.1) is 0 Å². The first-order chi connectivity index (χ1) is 43.2. The van der Waals surface area contributed by atoms with Crippen molar-refractivity contribution in [2.75, 3.05) is 19.8 Å². The monoisotopic (exact) mass is 1250 g/mol. The van der Waals surface area contributed by atoms with Gasteiger partial charge in [0.2, 0.25) is 5.91 Å². The van der Waals surface area contributed by atoms with Crippen LogP contribution in [0.4, 0.5) is 0 Å². The first kappa shape index (κ1) is 84.4. The fraction of sp³-hybridized carbons (Fsp3) is 0.948. The molecule has 11 heteroatoms. The zero-order chi connectivity index (χ0) is 63.7. The van der Waals surface area contributed by atoms with E-state index in [1.807, 2.05) is 6.08 Å². The van der Waals surface area contributed by atoms with Gasteiger partial charge >= 0.3 is 5.97 Å². The Kier molecular flexibility index (Phi) is 64.1. The molecule has 1 fully saturated rings. The zero-order valence-electron chi connectivity index (χ0n) is 58.2. The predicted molar refractivity (Wildman–Crippen MR) is 371 cm³/mol. The number of hydrogen-bond acceptors (Lipinski definition) is 10. The topological polar surface area (TPSA) is 175 Å². The molecule has 0 spiro atoms. The van der Waals surface area contributed by atoms with Gasteiger partial charge in [-0.05, 0) is 32.1 Å². The summed E-state index contributed by atoms with van der Waals surface area (Å²) in [5, 5.41) is 54.3. The number of aliphatic hydroxyl groups excluding tert-OH is 5. The third-order valence-corrected chi connectivity index (χ3v) is 18.9. The minimum atomic E-state index is -1.57. The van der Waals surface area contributed by atoms with Crippen molar-refractivity contribution in [2.24, 2.45) is 0 Å². The Morgan fingerprint density at radius 2 is 0.716 bits per heavy atom. The van der Waals surface area contributed by atoms with Gasteiger partial charge in [0, 0.05) is 12.8 Å². The molecule has 1 heterocycles. The van der Waals surface area contributed by atoms with E-state index in [1.54, 1.807) is 6.08 Å². The molecule has 0 aromatic carbocycles. The fourth-order valence-electron chi connectivity index (χ4n) is 12.8. The smallest absolute Gasteiger partial charge is 0.305 e. The standard InChI is InChI=1S/C77H149NO10/c1-3-5-7-9-11-13-14-15-16-17-32-36-39-42-45-49-53-57-61-65-73(82)86-66-62-58-54-50-46-43-40-37-34-31-29-27-25-23-21-19-18-20-22-24-26-28-30-33-35-38-41-44-48-52-56-60-64-72(81)78-69(70(80)63-59-55-51-47-12-10-8-6-4-2)68-87-77-76(85)75(84)74(83)71(67-79)88-77/h59,63,69-71,74-77,79-80,83-85H,3-58,60-62,64-68H2,1-2H3,(H,78,81)/b63-59+. The van der Waals surface area contributed by atoms with Crippen LogP contribution in [0.2, 0.25) is 0 Å². The van der Waals surface area contributed by atoms with E-state index < -0.39 is 49.5 Å². The number of ether oxygens (including phenoxy) is 3. The lowest BCUT2D eigenvalue weighted by atomic mass is 9.99. The Labute approximate surface area is 544 Å². The maximum atomic E-state index is 13.0. The fourth-order valence-corrected chi connectivity index (χ4v) is 12.8. The van der Waals surface area contributed by atoms with E-state index in [-0.39, 0.29) is 18.5 Å². The maximum absolute atomic E-state index is 13.0. The highest BCUT2D eigenvalue weighted by Gasteiger charge is 2.44. The number of esters is 1. The lowest BCUT2D eigenvalue weighted by Crippen LogP contribution is -2.60. The van der Waals surface area contributed by atoms with Crippen LogP contribution in [0.5, 0.6) is 0 Å². The van der Waals surface area contributed by atoms with Crippen LogP contribution in [0.25, 0.3) is 0 Å². The molecule has 88 heavy (non-hydrogen) atoms. The summed E-state index contributed by atoms with van der Waals surface area (Å²) < 4.78 is 16.8. The summed E-state index contributed by atoms with van der Waals surface area (Å²) in [6.07, 6.45) is 74.0. The number of rotatable bonds is 70. The third kappa shape index (κ3) is 54.9. The number of allylic oxidation sites excluding steroid dienone is 1. The molecule has 0 aliphatic carbocycles. The summed E-state index contributed by atoms with van der Waals surface area (Å²) in [7, 11) is 0. The second kappa shape index (κ2) is 66.8. The number of hydrogen-bond donors (Lipinski definition) is 6. The van der Waals surface area contributed by atoms with E-state index in [1.165, 1.54) is 327 Å². The molecular weight excluding hydrogens is 1100 g/mol. The molecule has 6 N–H and O–H groups in total. The Bertz CT molecular complexity index is 1460. The SMILES string of the molecule is CCCCCCCCC/C=C/C(O)C(COC1OC(CO)C(O)C(O)C1O)NC(=O)CCCCCCCCCCCCCCCCCCCCCCCCCCCCCCCCCCOC(=O)CCCCCCCCCCCCCCCCCCCCC. The Morgan fingerprint density at radius 1 is 0.409 bits per heavy atom. The summed E-state index contributed by atoms with van der Waals surface area (Å²) in [6, 6.07) is -0.804. The van der Waals surface area contributed by atoms with Crippen molar-refractivity contribution < 1.29 is 49.3 Å². The molecule has 11 nitrogen and oxygen atoms in total. The summed E-state index contributed by atoms with van der Waals surface area (Å²) in [6.45, 7) is 4.38. The molecule has 522 valence electrons. The average Bonchev–Trinajstić information content (AvgIpc) is 3.58. The van der Waals surface area contributed by atoms with Crippen LogP contribution >= 0.6 is 0 Å². The number of amides is 1. The van der Waals surface area contributed by atoms with E-state index in [2.05, 4.69) is 19.2 Å². The molecule has 0 bridgehead atoms. The Balaban J connectivity index is 1.85. The minimum absolute atomic E-state index is 0.0195. The van der Waals surface area contributed by atoms with E-state index in [0.717, 1.165) is 51.4 Å². The van der Waals surface area contributed by atoms with Crippen LogP contribution < -0.4 is 5.32 Å². The number of carbonyl (C=O) groups is 2. The zero-order valence-corrected chi connectivity index (χ0v) is 58.2. The summed E-state index contributed by atoms with van der Waals surface area (Å²) in [5.74, 6) is -0.157. The number of nitrogens with one attached hydrogen (secondary N) is 1. The molecule has 1 aliphatic heterocycles. The molecule has 0 radical (unpaired) electrons. The van der Waals surface area contributed by atoms with Gasteiger partial charge in [-0.2, -0.15) is 0 Å². The molecule has 1 amide bonds. The Morgan fingerprint density at radius 3 is 1.06 bits per heavy atom. The molecule has 1 aliphatic rings. The number of aliphatic hydroxyl groups is 5. The van der Waals surface area contributed by atoms with Crippen LogP contribution in [0.1, 0.15) is 406 Å². The second-order valence-corrected chi connectivity index (χ2v) is 27.4. The van der Waals surface area contributed by atoms with Gasteiger partial charge in [-0.3, -0.25) is 9.59 Å². The van der Waals surface area contributed by atoms with E-state index in [0.29, 0.717) is 19.4 Å². The van der Waals surface area contributed by atoms with Crippen molar-refractivity contribution in [1.82, 2.24) is 5.32 Å². The third-order valence-electron chi connectivity index (χ3n) is 18.9. The first-order valence-corrected chi connectivity index (χ1v) is 39.0. The van der Waals surface area contributed by atoms with E-state index >= 15 is 0 Å². The van der Waals surface area contributed by atoms with Gasteiger partial charge in [0.15, 0.2) is 6.29 Å². The van der Waals surface area contributed by atoms with Crippen molar-refractivity contribution in [3.8, 4) is 0 Å². The van der Waals surface area contributed by atoms with Gasteiger partial charge in [-0.1, -0.05) is 373 Å². The van der Waals surface area contributed by atoms with Crippen LogP contribution in [-0.4, -0.2) is 100 Å². The van der Waals surface area contributed by atoms with Gasteiger partial charge in [0.25, 0.3) is 0 Å². The van der Waals surface area contributed by atoms with Crippen molar-refractivity contribution >= 4 is 11.9 Å². The van der Waals surface area contributed by atoms with E-state index in [4.69, 9.17) is 14.2 Å². The predicted octanol–water partition coefficient (Wildman–Crippen LogP) is 20.6. The molecule has 0 aromatic heterocycles. The average molecular weight is 1250 g/mol. The molecular formula is C77H149NO10. The van der Waals surface area contributed by atoms with Crippen LogP contribution in [0.15, 0.2) is 12.2 Å². The maximum Gasteiger partial charge on any atom is 0.305 e. The molecule has 7 unspecified atom stereocenters. The van der Waals surface area contributed by atoms with E-state index in [9.17, 15) is 35.1 Å². The normalized spacial score (nSPS) is 17.7. The minimum Gasteiger partial charge on any atom is -0.466 e. The molecule has 1 saturated heterocycles. The summed E-state index contributed by atoms with van der Waals surface area (Å²) in [5.41, 5.74) is 0. The Hall–Kier alpha value is -1.60. The van der Waals surface area contributed by atoms with Gasteiger partial charge in [0.05, 0.1) is 32.0 Å². The van der Waals surface area contributed by atoms with Gasteiger partial charge in [0.1, 0.15) is 24.4 Å². The largest absolute Gasteiger partial charge is 0.466 e. The van der Waals surface area contributed by atoms with Crippen LogP contribution in [0.3, 0.4) is 0 Å². The van der Waals surface area contributed by atoms with Crippen molar-refractivity contribution in [3.63, 3.8) is 0 Å². The van der Waals surface area contributed by atoms with Gasteiger partial charge in [-0.15, -0.1) is 0 Å². The second-order valence-electron chi connectivity index (χ2n) is 27.4. The molecule has 0 saturated carbocycles. The van der Waals surface area contributed by atoms with Crippen molar-refractivity contribution in [1.29, 1.82) is 0 Å². The summed E-state index contributed by atoms with van der Waals surface area (Å²) >= 11 is 0. The summed E-state index contributed by atoms with van der Waals surface area (Å²) in [4.78, 5) is 25.2. The lowest BCUT2D eigenvalue weighted by Gasteiger charge is -2.40. The van der Waals surface area contributed by atoms with Crippen molar-refractivity contribution in [2.45, 2.75) is 448 Å². The molecule has 0 aromatic rings. The highest BCUT2D eigenvalue weighted by atomic mass is 16.7. The quantitative estimate of drug-likeness (QED) is 0.0195.